The summed E-state index contributed by atoms with van der Waals surface area (Å²) in [5.74, 6) is 0.124. The Balaban J connectivity index is 1.80. The maximum absolute atomic E-state index is 12.3. The van der Waals surface area contributed by atoms with Crippen molar-refractivity contribution < 1.29 is 24.0 Å². The second-order valence-electron chi connectivity index (χ2n) is 6.44. The van der Waals surface area contributed by atoms with Crippen LogP contribution in [0.2, 0.25) is 5.02 Å². The Morgan fingerprint density at radius 3 is 2.58 bits per heavy atom. The van der Waals surface area contributed by atoms with Gasteiger partial charge < -0.3 is 14.8 Å². The molecule has 0 bridgehead atoms. The molecule has 2 aromatic carbocycles. The number of nitro groups is 1. The maximum Gasteiger partial charge on any atom is 0.329 e. The lowest BCUT2D eigenvalue weighted by Crippen LogP contribution is -2.30. The highest BCUT2D eigenvalue weighted by molar-refractivity contribution is 6.32. The normalized spacial score (nSPS) is 14.5. The van der Waals surface area contributed by atoms with Crippen LogP contribution in [0, 0.1) is 10.1 Å². The first-order valence-electron chi connectivity index (χ1n) is 9.03. The molecule has 1 N–H and O–H groups in total. The number of rotatable bonds is 8. The number of nitrogens with zero attached hydrogens (tertiary/aromatic N) is 2. The van der Waals surface area contributed by atoms with Crippen molar-refractivity contribution in [1.29, 1.82) is 0 Å². The van der Waals surface area contributed by atoms with E-state index in [9.17, 15) is 19.7 Å². The number of halogens is 1. The summed E-state index contributed by atoms with van der Waals surface area (Å²) in [6, 6.07) is 8.58. The number of amides is 3. The minimum Gasteiger partial charge on any atom is -0.493 e. The van der Waals surface area contributed by atoms with E-state index >= 15 is 0 Å². The Morgan fingerprint density at radius 1 is 1.26 bits per heavy atom. The summed E-state index contributed by atoms with van der Waals surface area (Å²) < 4.78 is 11.1. The molecule has 3 amide bonds. The minimum absolute atomic E-state index is 0.0167. The Hall–Kier alpha value is -3.85. The van der Waals surface area contributed by atoms with E-state index in [0.717, 1.165) is 4.90 Å². The molecule has 9 nitrogen and oxygen atoms in total. The van der Waals surface area contributed by atoms with E-state index in [4.69, 9.17) is 21.1 Å². The molecular weight excluding hydrogens is 426 g/mol. The zero-order valence-corrected chi connectivity index (χ0v) is 17.2. The van der Waals surface area contributed by atoms with Gasteiger partial charge in [0.25, 0.3) is 11.6 Å². The van der Waals surface area contributed by atoms with Gasteiger partial charge >= 0.3 is 6.03 Å². The first-order chi connectivity index (χ1) is 14.8. The third-order valence-electron chi connectivity index (χ3n) is 4.37. The van der Waals surface area contributed by atoms with E-state index < -0.39 is 16.9 Å². The van der Waals surface area contributed by atoms with Crippen molar-refractivity contribution in [3.05, 3.63) is 81.0 Å². The molecule has 1 heterocycles. The van der Waals surface area contributed by atoms with Crippen LogP contribution in [0.1, 0.15) is 11.1 Å². The number of nitro benzene ring substituents is 1. The first kappa shape index (κ1) is 21.8. The van der Waals surface area contributed by atoms with Gasteiger partial charge in [-0.05, 0) is 41.5 Å². The fourth-order valence-electron chi connectivity index (χ4n) is 2.87. The van der Waals surface area contributed by atoms with Crippen molar-refractivity contribution in [1.82, 2.24) is 10.2 Å². The lowest BCUT2D eigenvalue weighted by molar-refractivity contribution is -0.384. The molecule has 1 aliphatic rings. The number of nitrogens with one attached hydrogen (secondary N) is 1. The van der Waals surface area contributed by atoms with Crippen molar-refractivity contribution in [3.63, 3.8) is 0 Å². The van der Waals surface area contributed by atoms with Crippen LogP contribution in [0.15, 0.2) is 54.8 Å². The molecule has 10 heteroatoms. The summed E-state index contributed by atoms with van der Waals surface area (Å²) in [5.41, 5.74) is 1.31. The Morgan fingerprint density at radius 2 is 1.97 bits per heavy atom. The second-order valence-corrected chi connectivity index (χ2v) is 6.85. The third-order valence-corrected chi connectivity index (χ3v) is 4.65. The van der Waals surface area contributed by atoms with E-state index in [1.165, 1.54) is 31.4 Å². The van der Waals surface area contributed by atoms with Crippen LogP contribution in [0.5, 0.6) is 11.5 Å². The highest BCUT2D eigenvalue weighted by Crippen LogP contribution is 2.37. The highest BCUT2D eigenvalue weighted by atomic mass is 35.5. The van der Waals surface area contributed by atoms with Crippen LogP contribution < -0.4 is 14.8 Å². The number of imide groups is 1. The molecule has 1 saturated heterocycles. The summed E-state index contributed by atoms with van der Waals surface area (Å²) in [6.07, 6.45) is 2.94. The topological polar surface area (TPSA) is 111 Å². The molecule has 3 rings (SSSR count). The maximum atomic E-state index is 12.3. The van der Waals surface area contributed by atoms with E-state index in [1.54, 1.807) is 24.3 Å². The van der Waals surface area contributed by atoms with Crippen LogP contribution in [-0.4, -0.2) is 35.4 Å². The van der Waals surface area contributed by atoms with Crippen LogP contribution in [0.25, 0.3) is 6.08 Å². The third kappa shape index (κ3) is 4.84. The Labute approximate surface area is 182 Å². The number of hydrogen-bond acceptors (Lipinski definition) is 6. The zero-order chi connectivity index (χ0) is 22.5. The van der Waals surface area contributed by atoms with Gasteiger partial charge in [0.05, 0.1) is 17.1 Å². The van der Waals surface area contributed by atoms with E-state index in [2.05, 4.69) is 11.9 Å². The van der Waals surface area contributed by atoms with Crippen molar-refractivity contribution in [2.24, 2.45) is 0 Å². The number of ether oxygens (including phenoxy) is 2. The van der Waals surface area contributed by atoms with Crippen molar-refractivity contribution >= 4 is 35.3 Å². The van der Waals surface area contributed by atoms with Gasteiger partial charge in [-0.2, -0.15) is 0 Å². The summed E-state index contributed by atoms with van der Waals surface area (Å²) in [4.78, 5) is 35.5. The summed E-state index contributed by atoms with van der Waals surface area (Å²) in [6.45, 7) is 3.74. The number of hydrogen-bond donors (Lipinski definition) is 1. The smallest absolute Gasteiger partial charge is 0.329 e. The Kier molecular flexibility index (Phi) is 6.56. The quantitative estimate of drug-likeness (QED) is 0.218. The molecule has 0 unspecified atom stereocenters. The highest BCUT2D eigenvalue weighted by Gasteiger charge is 2.32. The number of carbonyl (C=O) groups is 2. The van der Waals surface area contributed by atoms with Gasteiger partial charge in [0, 0.05) is 18.7 Å². The molecule has 0 spiro atoms. The molecule has 0 aromatic heterocycles. The number of methoxy groups -OCH3 is 1. The van der Waals surface area contributed by atoms with Gasteiger partial charge in [-0.15, -0.1) is 6.58 Å². The fraction of sp³-hybridized carbons (Fsp3) is 0.143. The molecule has 0 aliphatic carbocycles. The average molecular weight is 444 g/mol. The van der Waals surface area contributed by atoms with Crippen LogP contribution in [0.4, 0.5) is 10.5 Å². The molecular formula is C21H18ClN3O6. The van der Waals surface area contributed by atoms with Gasteiger partial charge in [0.15, 0.2) is 11.5 Å². The van der Waals surface area contributed by atoms with E-state index in [-0.39, 0.29) is 35.3 Å². The van der Waals surface area contributed by atoms with E-state index in [0.29, 0.717) is 16.9 Å². The molecule has 160 valence electrons. The van der Waals surface area contributed by atoms with Crippen LogP contribution >= 0.6 is 11.6 Å². The minimum atomic E-state index is -0.530. The number of benzene rings is 2. The molecule has 1 fully saturated rings. The summed E-state index contributed by atoms with van der Waals surface area (Å²) in [5, 5.41) is 13.5. The molecule has 31 heavy (non-hydrogen) atoms. The number of non-ortho nitro benzene ring substituents is 1. The standard InChI is InChI=1S/C21H18ClN3O6/c1-3-8-24-20(26)17(23-21(24)27)10-14-9-16(22)19(18(11-14)30-2)31-12-13-4-6-15(7-5-13)25(28)29/h3-7,9-11H,1,8,12H2,2H3,(H,23,27)/b17-10+. The summed E-state index contributed by atoms with van der Waals surface area (Å²) in [7, 11) is 1.44. The van der Waals surface area contributed by atoms with Crippen LogP contribution in [0.3, 0.4) is 0 Å². The van der Waals surface area contributed by atoms with Gasteiger partial charge in [-0.1, -0.05) is 17.7 Å². The Bertz CT molecular complexity index is 1080. The van der Waals surface area contributed by atoms with Crippen molar-refractivity contribution in [2.45, 2.75) is 6.61 Å². The largest absolute Gasteiger partial charge is 0.493 e. The molecule has 2 aromatic rings. The van der Waals surface area contributed by atoms with Gasteiger partial charge in [0.1, 0.15) is 12.3 Å². The van der Waals surface area contributed by atoms with Gasteiger partial charge in [0.2, 0.25) is 0 Å². The lowest BCUT2D eigenvalue weighted by Gasteiger charge is -2.13. The second kappa shape index (κ2) is 9.31. The predicted octanol–water partition coefficient (Wildman–Crippen LogP) is 3.91. The average Bonchev–Trinajstić information content (AvgIpc) is 3.00. The molecule has 0 saturated carbocycles. The van der Waals surface area contributed by atoms with Crippen molar-refractivity contribution in [3.8, 4) is 11.5 Å². The van der Waals surface area contributed by atoms with Gasteiger partial charge in [-0.25, -0.2) is 4.79 Å². The summed E-state index contributed by atoms with van der Waals surface area (Å²) >= 11 is 6.36. The SMILES string of the molecule is C=CCN1C(=O)N/C(=C/c2cc(Cl)c(OCc3ccc([N+](=O)[O-])cc3)c(OC)c2)C1=O. The van der Waals surface area contributed by atoms with Gasteiger partial charge in [-0.3, -0.25) is 19.8 Å². The monoisotopic (exact) mass is 443 g/mol. The molecule has 0 atom stereocenters. The number of carbonyl (C=O) groups excluding carboxylic acids is 2. The predicted molar refractivity (Wildman–Crippen MR) is 114 cm³/mol. The zero-order valence-electron chi connectivity index (χ0n) is 16.5. The fourth-order valence-corrected chi connectivity index (χ4v) is 3.14. The van der Waals surface area contributed by atoms with Crippen LogP contribution in [-0.2, 0) is 11.4 Å². The first-order valence-corrected chi connectivity index (χ1v) is 9.41. The molecule has 0 radical (unpaired) electrons. The molecule has 1 aliphatic heterocycles. The lowest BCUT2D eigenvalue weighted by atomic mass is 10.1. The van der Waals surface area contributed by atoms with Crippen molar-refractivity contribution in [2.75, 3.05) is 13.7 Å². The van der Waals surface area contributed by atoms with E-state index in [1.807, 2.05) is 0 Å². The number of urea groups is 1.